The van der Waals surface area contributed by atoms with E-state index >= 15 is 0 Å². The molecule has 3 aromatic rings. The molecular formula is C21H20FN3O4. The number of ether oxygens (including phenoxy) is 2. The molecule has 0 aliphatic carbocycles. The average Bonchev–Trinajstić information content (AvgIpc) is 2.74. The third kappa shape index (κ3) is 4.27. The standard InChI is InChI=1S/C21H20FN3O4/c22-17-11-24-21(29-12-13-5-8-28-9-6-13)15-4-3-14(10-16(15)17)25-20(27)19-18(26)2-1-7-23-19/h1-4,7,10-11,13,26H,5-6,8-9,12H2,(H,25,27). The Morgan fingerprint density at radius 3 is 2.86 bits per heavy atom. The van der Waals surface area contributed by atoms with E-state index in [1.165, 1.54) is 24.4 Å². The number of aromatic hydroxyl groups is 1. The number of carbonyl (C=O) groups excluding carboxylic acids is 1. The van der Waals surface area contributed by atoms with Gasteiger partial charge in [-0.3, -0.25) is 4.79 Å². The van der Waals surface area contributed by atoms with Crippen LogP contribution in [0.1, 0.15) is 23.3 Å². The highest BCUT2D eigenvalue weighted by molar-refractivity contribution is 6.05. The van der Waals surface area contributed by atoms with Crippen molar-refractivity contribution in [1.82, 2.24) is 9.97 Å². The minimum Gasteiger partial charge on any atom is -0.505 e. The van der Waals surface area contributed by atoms with Gasteiger partial charge in [-0.25, -0.2) is 14.4 Å². The number of nitrogens with one attached hydrogen (secondary N) is 1. The van der Waals surface area contributed by atoms with Gasteiger partial charge in [-0.15, -0.1) is 0 Å². The maximum absolute atomic E-state index is 14.4. The second-order valence-electron chi connectivity index (χ2n) is 6.86. The number of benzene rings is 1. The Balaban J connectivity index is 1.55. The zero-order valence-electron chi connectivity index (χ0n) is 15.6. The Morgan fingerprint density at radius 2 is 2.07 bits per heavy atom. The summed E-state index contributed by atoms with van der Waals surface area (Å²) in [5, 5.41) is 13.2. The van der Waals surface area contributed by atoms with Crippen LogP contribution < -0.4 is 10.1 Å². The highest BCUT2D eigenvalue weighted by Crippen LogP contribution is 2.29. The van der Waals surface area contributed by atoms with E-state index < -0.39 is 11.7 Å². The highest BCUT2D eigenvalue weighted by Gasteiger charge is 2.17. The first-order valence-corrected chi connectivity index (χ1v) is 9.36. The second kappa shape index (κ2) is 8.40. The zero-order valence-corrected chi connectivity index (χ0v) is 15.6. The third-order valence-electron chi connectivity index (χ3n) is 4.86. The van der Waals surface area contributed by atoms with Crippen molar-refractivity contribution >= 4 is 22.4 Å². The van der Waals surface area contributed by atoms with Crippen LogP contribution in [0.5, 0.6) is 11.6 Å². The quantitative estimate of drug-likeness (QED) is 0.684. The molecule has 0 unspecified atom stereocenters. The van der Waals surface area contributed by atoms with Gasteiger partial charge >= 0.3 is 0 Å². The molecule has 0 radical (unpaired) electrons. The summed E-state index contributed by atoms with van der Waals surface area (Å²) in [6.45, 7) is 1.94. The van der Waals surface area contributed by atoms with Gasteiger partial charge in [0.15, 0.2) is 5.69 Å². The van der Waals surface area contributed by atoms with Crippen LogP contribution in [0, 0.1) is 11.7 Å². The molecule has 0 bridgehead atoms. The van der Waals surface area contributed by atoms with Crippen LogP contribution in [0.3, 0.4) is 0 Å². The van der Waals surface area contributed by atoms with Gasteiger partial charge in [-0.1, -0.05) is 0 Å². The lowest BCUT2D eigenvalue weighted by Gasteiger charge is -2.22. The molecule has 1 amide bonds. The second-order valence-corrected chi connectivity index (χ2v) is 6.86. The molecule has 2 N–H and O–H groups in total. The number of nitrogens with zero attached hydrogens (tertiary/aromatic N) is 2. The number of rotatable bonds is 5. The number of pyridine rings is 2. The molecule has 29 heavy (non-hydrogen) atoms. The van der Waals surface area contributed by atoms with Gasteiger partial charge in [-0.05, 0) is 49.1 Å². The van der Waals surface area contributed by atoms with Crippen molar-refractivity contribution in [3.8, 4) is 11.6 Å². The van der Waals surface area contributed by atoms with Crippen molar-refractivity contribution in [3.63, 3.8) is 0 Å². The lowest BCUT2D eigenvalue weighted by atomic mass is 10.0. The van der Waals surface area contributed by atoms with E-state index in [9.17, 15) is 14.3 Å². The number of anilines is 1. The smallest absolute Gasteiger partial charge is 0.278 e. The predicted molar refractivity (Wildman–Crippen MR) is 105 cm³/mol. The molecule has 7 nitrogen and oxygen atoms in total. The number of amides is 1. The Morgan fingerprint density at radius 1 is 1.24 bits per heavy atom. The van der Waals surface area contributed by atoms with Crippen molar-refractivity contribution in [1.29, 1.82) is 0 Å². The van der Waals surface area contributed by atoms with E-state index in [0.717, 1.165) is 32.3 Å². The van der Waals surface area contributed by atoms with E-state index in [1.54, 1.807) is 12.1 Å². The van der Waals surface area contributed by atoms with Crippen LogP contribution in [-0.4, -0.2) is 40.8 Å². The van der Waals surface area contributed by atoms with Crippen molar-refractivity contribution in [2.45, 2.75) is 12.8 Å². The van der Waals surface area contributed by atoms with Crippen LogP contribution in [0.2, 0.25) is 0 Å². The van der Waals surface area contributed by atoms with Gasteiger partial charge in [0.25, 0.3) is 5.91 Å². The molecule has 1 saturated heterocycles. The first kappa shape index (κ1) is 19.1. The van der Waals surface area contributed by atoms with E-state index in [1.807, 2.05) is 0 Å². The number of carbonyl (C=O) groups is 1. The lowest BCUT2D eigenvalue weighted by Crippen LogP contribution is -2.21. The molecule has 1 aromatic carbocycles. The molecule has 0 atom stereocenters. The summed E-state index contributed by atoms with van der Waals surface area (Å²) >= 11 is 0. The maximum Gasteiger partial charge on any atom is 0.278 e. The lowest BCUT2D eigenvalue weighted by molar-refractivity contribution is 0.0493. The highest BCUT2D eigenvalue weighted by atomic mass is 19.1. The number of hydrogen-bond donors (Lipinski definition) is 2. The summed E-state index contributed by atoms with van der Waals surface area (Å²) in [6, 6.07) is 7.68. The maximum atomic E-state index is 14.4. The summed E-state index contributed by atoms with van der Waals surface area (Å²) in [5.74, 6) is -0.600. The molecule has 150 valence electrons. The molecule has 0 saturated carbocycles. The monoisotopic (exact) mass is 397 g/mol. The SMILES string of the molecule is O=C(Nc1ccc2c(OCC3CCOCC3)ncc(F)c2c1)c1ncccc1O. The van der Waals surface area contributed by atoms with Crippen LogP contribution in [0.4, 0.5) is 10.1 Å². The van der Waals surface area contributed by atoms with Crippen molar-refractivity contribution in [3.05, 3.63) is 54.2 Å². The first-order chi connectivity index (χ1) is 14.1. The van der Waals surface area contributed by atoms with Gasteiger partial charge in [-0.2, -0.15) is 0 Å². The van der Waals surface area contributed by atoms with Crippen molar-refractivity contribution < 1.29 is 23.8 Å². The summed E-state index contributed by atoms with van der Waals surface area (Å²) in [4.78, 5) is 20.3. The van der Waals surface area contributed by atoms with Crippen molar-refractivity contribution in [2.24, 2.45) is 5.92 Å². The third-order valence-corrected chi connectivity index (χ3v) is 4.86. The van der Waals surface area contributed by atoms with Gasteiger partial charge < -0.3 is 19.9 Å². The topological polar surface area (TPSA) is 93.6 Å². The summed E-state index contributed by atoms with van der Waals surface area (Å²) < 4.78 is 25.6. The van der Waals surface area contributed by atoms with E-state index in [4.69, 9.17) is 9.47 Å². The molecule has 4 rings (SSSR count). The largest absolute Gasteiger partial charge is 0.505 e. The molecule has 0 spiro atoms. The van der Waals surface area contributed by atoms with Gasteiger partial charge in [0, 0.05) is 35.9 Å². The Kier molecular flexibility index (Phi) is 5.53. The fourth-order valence-electron chi connectivity index (χ4n) is 3.25. The summed E-state index contributed by atoms with van der Waals surface area (Å²) in [5.41, 5.74) is 0.260. The van der Waals surface area contributed by atoms with Crippen LogP contribution in [0.25, 0.3) is 10.8 Å². The molecule has 2 aromatic heterocycles. The number of aromatic nitrogens is 2. The van der Waals surface area contributed by atoms with Crippen molar-refractivity contribution in [2.75, 3.05) is 25.1 Å². The normalized spacial score (nSPS) is 14.7. The number of fused-ring (bicyclic) bond motifs is 1. The summed E-state index contributed by atoms with van der Waals surface area (Å²) in [6.07, 6.45) is 4.37. The Bertz CT molecular complexity index is 1040. The Labute approximate surface area is 166 Å². The molecule has 3 heterocycles. The van der Waals surface area contributed by atoms with E-state index in [-0.39, 0.29) is 16.8 Å². The minimum atomic E-state index is -0.590. The Hall–Kier alpha value is -3.26. The minimum absolute atomic E-state index is 0.108. The molecule has 1 aliphatic rings. The van der Waals surface area contributed by atoms with Gasteiger partial charge in [0.05, 0.1) is 12.8 Å². The predicted octanol–water partition coefficient (Wildman–Crippen LogP) is 3.53. The fraction of sp³-hybridized carbons (Fsp3) is 0.286. The number of halogens is 1. The molecule has 1 fully saturated rings. The first-order valence-electron chi connectivity index (χ1n) is 9.36. The fourth-order valence-corrected chi connectivity index (χ4v) is 3.25. The van der Waals surface area contributed by atoms with Crippen LogP contribution in [-0.2, 0) is 4.74 Å². The summed E-state index contributed by atoms with van der Waals surface area (Å²) in [7, 11) is 0. The average molecular weight is 397 g/mol. The van der Waals surface area contributed by atoms with E-state index in [2.05, 4.69) is 15.3 Å². The van der Waals surface area contributed by atoms with E-state index in [0.29, 0.717) is 29.5 Å². The van der Waals surface area contributed by atoms with Crippen LogP contribution in [0.15, 0.2) is 42.7 Å². The zero-order chi connectivity index (χ0) is 20.2. The van der Waals surface area contributed by atoms with Gasteiger partial charge in [0.1, 0.15) is 11.6 Å². The van der Waals surface area contributed by atoms with Gasteiger partial charge in [0.2, 0.25) is 5.88 Å². The molecule has 8 heteroatoms. The van der Waals surface area contributed by atoms with Crippen LogP contribution >= 0.6 is 0 Å². The molecular weight excluding hydrogens is 377 g/mol. The molecule has 1 aliphatic heterocycles. The number of hydrogen-bond acceptors (Lipinski definition) is 6.